The van der Waals surface area contributed by atoms with Gasteiger partial charge in [0.05, 0.1) is 6.54 Å². The molecule has 3 amide bonds. The number of aliphatic carboxylic acids is 1. The molecule has 0 aliphatic rings. The number of nitrogens with one attached hydrogen (secondary N) is 2. The molecule has 0 aromatic rings. The highest BCUT2D eigenvalue weighted by molar-refractivity contribution is 6.02. The maximum absolute atomic E-state index is 10.9. The fourth-order valence-electron chi connectivity index (χ4n) is 0.558. The summed E-state index contributed by atoms with van der Waals surface area (Å²) in [6, 6.07) is -0.724. The summed E-state index contributed by atoms with van der Waals surface area (Å²) in [4.78, 5) is 31.7. The molecule has 3 N–H and O–H groups in total. The minimum absolute atomic E-state index is 0.123. The van der Waals surface area contributed by atoms with E-state index in [1.807, 2.05) is 5.32 Å². The predicted molar refractivity (Wildman–Crippen MR) is 51.8 cm³/mol. The molecule has 0 fully saturated rings. The first-order valence-corrected chi connectivity index (χ1v) is 3.95. The number of hydrogen-bond donors (Lipinski definition) is 3. The minimum Gasteiger partial charge on any atom is -0.478 e. The van der Waals surface area contributed by atoms with Gasteiger partial charge in [-0.1, -0.05) is 5.92 Å². The van der Waals surface area contributed by atoms with Crippen molar-refractivity contribution < 1.29 is 19.5 Å². The van der Waals surface area contributed by atoms with Gasteiger partial charge < -0.3 is 10.4 Å². The van der Waals surface area contributed by atoms with Gasteiger partial charge >= 0.3 is 12.0 Å². The van der Waals surface area contributed by atoms with Gasteiger partial charge in [-0.05, 0) is 6.92 Å². The molecule has 0 heterocycles. The smallest absolute Gasteiger partial charge is 0.328 e. The first kappa shape index (κ1) is 12.7. The Hall–Kier alpha value is -2.29. The van der Waals surface area contributed by atoms with Crippen molar-refractivity contribution in [2.24, 2.45) is 0 Å². The molecule has 0 unspecified atom stereocenters. The van der Waals surface area contributed by atoms with Crippen LogP contribution in [0.3, 0.4) is 0 Å². The predicted octanol–water partition coefficient (Wildman–Crippen LogP) is -0.524. The lowest BCUT2D eigenvalue weighted by molar-refractivity contribution is -0.131. The monoisotopic (exact) mass is 210 g/mol. The Bertz CT molecular complexity index is 349. The van der Waals surface area contributed by atoms with Gasteiger partial charge in [0.1, 0.15) is 0 Å². The van der Waals surface area contributed by atoms with Crippen LogP contribution in [0.1, 0.15) is 6.92 Å². The molecule has 0 aliphatic carbocycles. The number of imide groups is 1. The summed E-state index contributed by atoms with van der Waals surface area (Å²) in [7, 11) is 0. The summed E-state index contributed by atoms with van der Waals surface area (Å²) in [5, 5.41) is 12.3. The lowest BCUT2D eigenvalue weighted by atomic mass is 10.5. The average molecular weight is 210 g/mol. The third kappa shape index (κ3) is 8.05. The van der Waals surface area contributed by atoms with Crippen LogP contribution >= 0.6 is 0 Å². The Balaban J connectivity index is 3.90. The minimum atomic E-state index is -1.26. The maximum atomic E-state index is 10.9. The van der Waals surface area contributed by atoms with Crippen molar-refractivity contribution in [3.63, 3.8) is 0 Å². The largest absolute Gasteiger partial charge is 0.478 e. The highest BCUT2D eigenvalue weighted by atomic mass is 16.4. The summed E-state index contributed by atoms with van der Waals surface area (Å²) in [6.45, 7) is 1.73. The molecule has 80 valence electrons. The van der Waals surface area contributed by atoms with Crippen LogP contribution in [0.4, 0.5) is 4.79 Å². The van der Waals surface area contributed by atoms with E-state index in [1.165, 1.54) is 0 Å². The van der Waals surface area contributed by atoms with Gasteiger partial charge in [0.25, 0.3) is 5.91 Å². The molecule has 0 bridgehead atoms. The van der Waals surface area contributed by atoms with Gasteiger partial charge in [-0.2, -0.15) is 0 Å². The molecule has 0 spiro atoms. The van der Waals surface area contributed by atoms with Crippen LogP contribution in [0.15, 0.2) is 12.2 Å². The second-order valence-electron chi connectivity index (χ2n) is 2.27. The van der Waals surface area contributed by atoms with Crippen molar-refractivity contribution in [2.45, 2.75) is 6.92 Å². The molecule has 0 aliphatic heterocycles. The molecular formula is C9H10N2O4. The molecule has 0 aromatic carbocycles. The second kappa shape index (κ2) is 7.15. The summed E-state index contributed by atoms with van der Waals surface area (Å²) in [5.41, 5.74) is 0. The van der Waals surface area contributed by atoms with Gasteiger partial charge in [-0.15, -0.1) is 5.92 Å². The van der Waals surface area contributed by atoms with Crippen molar-refractivity contribution in [3.05, 3.63) is 12.2 Å². The topological polar surface area (TPSA) is 95.5 Å². The Kier molecular flexibility index (Phi) is 6.06. The molecule has 0 radical (unpaired) electrons. The van der Waals surface area contributed by atoms with Crippen LogP contribution in [0.25, 0.3) is 0 Å². The molecular weight excluding hydrogens is 200 g/mol. The van der Waals surface area contributed by atoms with Crippen molar-refractivity contribution >= 4 is 17.9 Å². The van der Waals surface area contributed by atoms with Crippen LogP contribution in [0.2, 0.25) is 0 Å². The number of carbonyl (C=O) groups excluding carboxylic acids is 2. The number of carboxylic acid groups (broad SMARTS) is 1. The van der Waals surface area contributed by atoms with Crippen molar-refractivity contribution in [1.29, 1.82) is 0 Å². The number of hydrogen-bond acceptors (Lipinski definition) is 3. The number of carbonyl (C=O) groups is 3. The molecule has 6 heteroatoms. The summed E-state index contributed by atoms with van der Waals surface area (Å²) < 4.78 is 0. The zero-order valence-corrected chi connectivity index (χ0v) is 8.03. The molecule has 6 nitrogen and oxygen atoms in total. The molecule has 0 aromatic heterocycles. The summed E-state index contributed by atoms with van der Waals surface area (Å²) in [6.07, 6.45) is 1.38. The van der Waals surface area contributed by atoms with E-state index in [4.69, 9.17) is 5.11 Å². The van der Waals surface area contributed by atoms with Gasteiger partial charge in [0.2, 0.25) is 0 Å². The van der Waals surface area contributed by atoms with E-state index in [0.29, 0.717) is 6.08 Å². The zero-order valence-electron chi connectivity index (χ0n) is 8.03. The zero-order chi connectivity index (χ0) is 11.7. The molecule has 0 rings (SSSR count). The van der Waals surface area contributed by atoms with Crippen LogP contribution in [-0.2, 0) is 9.59 Å². The third-order valence-electron chi connectivity index (χ3n) is 1.13. The SMILES string of the molecule is CC#CCNC(=O)NC(=O)/C=C/C(=O)O. The second-order valence-corrected chi connectivity index (χ2v) is 2.27. The quantitative estimate of drug-likeness (QED) is 0.431. The van der Waals surface area contributed by atoms with Crippen LogP contribution < -0.4 is 10.6 Å². The first-order valence-electron chi connectivity index (χ1n) is 3.95. The first-order chi connectivity index (χ1) is 7.06. The van der Waals surface area contributed by atoms with Gasteiger partial charge in [-0.25, -0.2) is 9.59 Å². The van der Waals surface area contributed by atoms with E-state index in [9.17, 15) is 14.4 Å². The van der Waals surface area contributed by atoms with E-state index in [1.54, 1.807) is 6.92 Å². The van der Waals surface area contributed by atoms with E-state index in [-0.39, 0.29) is 6.54 Å². The Labute approximate surface area is 86.3 Å². The number of amides is 3. The van der Waals surface area contributed by atoms with Crippen molar-refractivity contribution in [1.82, 2.24) is 10.6 Å². The number of carboxylic acids is 1. The fraction of sp³-hybridized carbons (Fsp3) is 0.222. The Morgan fingerprint density at radius 3 is 2.53 bits per heavy atom. The van der Waals surface area contributed by atoms with E-state index in [2.05, 4.69) is 17.2 Å². The van der Waals surface area contributed by atoms with Gasteiger partial charge in [0.15, 0.2) is 0 Å². The van der Waals surface area contributed by atoms with E-state index < -0.39 is 17.9 Å². The maximum Gasteiger partial charge on any atom is 0.328 e. The van der Waals surface area contributed by atoms with Crippen molar-refractivity contribution in [3.8, 4) is 11.8 Å². The fourth-order valence-corrected chi connectivity index (χ4v) is 0.558. The standard InChI is InChI=1S/C9H10N2O4/c1-2-3-6-10-9(15)11-7(12)4-5-8(13)14/h4-5H,6H2,1H3,(H,13,14)(H2,10,11,12,15)/b5-4+. The normalized spacial score (nSPS) is 8.87. The van der Waals surface area contributed by atoms with Crippen LogP contribution in [0, 0.1) is 11.8 Å². The highest BCUT2D eigenvalue weighted by Crippen LogP contribution is 1.74. The molecule has 0 saturated carbocycles. The Morgan fingerprint density at radius 1 is 1.33 bits per heavy atom. The van der Waals surface area contributed by atoms with E-state index >= 15 is 0 Å². The van der Waals surface area contributed by atoms with Crippen molar-refractivity contribution in [2.75, 3.05) is 6.54 Å². The number of urea groups is 1. The Morgan fingerprint density at radius 2 is 2.00 bits per heavy atom. The van der Waals surface area contributed by atoms with E-state index in [0.717, 1.165) is 6.08 Å². The summed E-state index contributed by atoms with van der Waals surface area (Å²) >= 11 is 0. The molecule has 0 atom stereocenters. The number of rotatable bonds is 3. The lowest BCUT2D eigenvalue weighted by Crippen LogP contribution is -2.38. The highest BCUT2D eigenvalue weighted by Gasteiger charge is 2.02. The molecule has 15 heavy (non-hydrogen) atoms. The average Bonchev–Trinajstić information content (AvgIpc) is 2.15. The third-order valence-corrected chi connectivity index (χ3v) is 1.13. The van der Waals surface area contributed by atoms with Gasteiger partial charge in [0, 0.05) is 12.2 Å². The summed E-state index contributed by atoms with van der Waals surface area (Å²) in [5.74, 6) is 3.04. The molecule has 0 saturated heterocycles. The van der Waals surface area contributed by atoms with Crippen LogP contribution in [0.5, 0.6) is 0 Å². The lowest BCUT2D eigenvalue weighted by Gasteiger charge is -1.99. The van der Waals surface area contributed by atoms with Crippen LogP contribution in [-0.4, -0.2) is 29.6 Å². The van der Waals surface area contributed by atoms with Gasteiger partial charge in [-0.3, -0.25) is 10.1 Å².